The van der Waals surface area contributed by atoms with Crippen molar-refractivity contribution >= 4 is 5.69 Å². The highest BCUT2D eigenvalue weighted by Crippen LogP contribution is 2.26. The number of phenols is 1. The number of H-pyrrole nitrogens is 1. The Labute approximate surface area is 94.5 Å². The molecule has 0 fully saturated rings. The van der Waals surface area contributed by atoms with Crippen LogP contribution >= 0.6 is 0 Å². The van der Waals surface area contributed by atoms with E-state index >= 15 is 0 Å². The number of aromatic hydroxyl groups is 1. The average molecular weight is 237 g/mol. The zero-order valence-corrected chi connectivity index (χ0v) is 8.48. The van der Waals surface area contributed by atoms with Crippen LogP contribution in [0.2, 0.25) is 0 Å². The summed E-state index contributed by atoms with van der Waals surface area (Å²) in [4.78, 5) is 17.1. The molecule has 0 atom stereocenters. The largest absolute Gasteiger partial charge is 0.505 e. The number of aromatic nitrogens is 2. The van der Waals surface area contributed by atoms with Crippen molar-refractivity contribution in [2.75, 3.05) is 5.73 Å². The molecule has 0 aliphatic heterocycles. The molecule has 2 aromatic rings. The van der Waals surface area contributed by atoms with Crippen LogP contribution in [0.25, 0.3) is 0 Å². The van der Waals surface area contributed by atoms with Gasteiger partial charge < -0.3 is 20.6 Å². The van der Waals surface area contributed by atoms with Crippen molar-refractivity contribution < 1.29 is 14.2 Å². The smallest absolute Gasteiger partial charge is 0.277 e. The molecule has 0 radical (unpaired) electrons. The molecular formula is C10H8FN3O3. The predicted octanol–water partition coefficient (Wildman–Crippen LogP) is 0.989. The summed E-state index contributed by atoms with van der Waals surface area (Å²) in [6, 6.07) is 3.35. The lowest BCUT2D eigenvalue weighted by Gasteiger charge is -2.06. The molecule has 1 heterocycles. The monoisotopic (exact) mass is 237 g/mol. The van der Waals surface area contributed by atoms with Gasteiger partial charge in [0.25, 0.3) is 5.56 Å². The van der Waals surface area contributed by atoms with Crippen LogP contribution in [0.15, 0.2) is 29.3 Å². The first-order chi connectivity index (χ1) is 8.08. The van der Waals surface area contributed by atoms with Crippen LogP contribution in [0.5, 0.6) is 17.4 Å². The van der Waals surface area contributed by atoms with Gasteiger partial charge in [-0.25, -0.2) is 9.37 Å². The molecule has 0 aliphatic carbocycles. The van der Waals surface area contributed by atoms with E-state index in [-0.39, 0.29) is 17.3 Å². The standard InChI is InChI=1S/C10H8FN3O3/c11-6-2-1-5(3-7(6)15)17-10-8(12)9(16)13-4-14-10/h1-4,15H,12H2,(H,13,14,16). The predicted molar refractivity (Wildman–Crippen MR) is 57.4 cm³/mol. The molecule has 0 saturated carbocycles. The Hall–Kier alpha value is -2.57. The number of benzene rings is 1. The van der Waals surface area contributed by atoms with Gasteiger partial charge in [-0.05, 0) is 12.1 Å². The second kappa shape index (κ2) is 4.12. The van der Waals surface area contributed by atoms with E-state index in [1.807, 2.05) is 0 Å². The second-order valence-corrected chi connectivity index (χ2v) is 3.17. The van der Waals surface area contributed by atoms with E-state index in [1.165, 1.54) is 6.07 Å². The van der Waals surface area contributed by atoms with Crippen LogP contribution in [0, 0.1) is 5.82 Å². The van der Waals surface area contributed by atoms with Crippen LogP contribution in [0.1, 0.15) is 0 Å². The molecule has 17 heavy (non-hydrogen) atoms. The van der Waals surface area contributed by atoms with Crippen LogP contribution in [0.3, 0.4) is 0 Å². The summed E-state index contributed by atoms with van der Waals surface area (Å²) < 4.78 is 17.9. The van der Waals surface area contributed by atoms with E-state index in [4.69, 9.17) is 15.6 Å². The molecule has 88 valence electrons. The molecule has 0 spiro atoms. The Morgan fingerprint density at radius 1 is 1.47 bits per heavy atom. The van der Waals surface area contributed by atoms with E-state index in [0.29, 0.717) is 0 Å². The number of hydrogen-bond acceptors (Lipinski definition) is 5. The zero-order chi connectivity index (χ0) is 12.4. The third-order valence-corrected chi connectivity index (χ3v) is 1.98. The average Bonchev–Trinajstić information content (AvgIpc) is 2.30. The number of rotatable bonds is 2. The molecule has 1 aromatic heterocycles. The Bertz CT molecular complexity index is 612. The SMILES string of the molecule is Nc1c(Oc2ccc(F)c(O)c2)nc[nH]c1=O. The van der Waals surface area contributed by atoms with E-state index in [1.54, 1.807) is 0 Å². The molecule has 6 nitrogen and oxygen atoms in total. The molecule has 7 heteroatoms. The molecule has 2 rings (SSSR count). The summed E-state index contributed by atoms with van der Waals surface area (Å²) >= 11 is 0. The lowest BCUT2D eigenvalue weighted by atomic mass is 10.3. The van der Waals surface area contributed by atoms with Crippen molar-refractivity contribution in [2.24, 2.45) is 0 Å². The minimum Gasteiger partial charge on any atom is -0.505 e. The van der Waals surface area contributed by atoms with Crippen LogP contribution in [-0.4, -0.2) is 15.1 Å². The van der Waals surface area contributed by atoms with Gasteiger partial charge in [-0.3, -0.25) is 4.79 Å². The van der Waals surface area contributed by atoms with Gasteiger partial charge in [0.2, 0.25) is 5.88 Å². The fraction of sp³-hybridized carbons (Fsp3) is 0. The number of halogens is 1. The molecule has 0 bridgehead atoms. The summed E-state index contributed by atoms with van der Waals surface area (Å²) in [6.45, 7) is 0. The number of phenolic OH excluding ortho intramolecular Hbond substituents is 1. The maximum Gasteiger partial charge on any atom is 0.277 e. The lowest BCUT2D eigenvalue weighted by Crippen LogP contribution is -2.13. The molecule has 0 aliphatic rings. The highest BCUT2D eigenvalue weighted by atomic mass is 19.1. The first-order valence-electron chi connectivity index (χ1n) is 4.57. The van der Waals surface area contributed by atoms with Crippen LogP contribution < -0.4 is 16.0 Å². The third kappa shape index (κ3) is 2.17. The van der Waals surface area contributed by atoms with Crippen molar-refractivity contribution in [2.45, 2.75) is 0 Å². The molecular weight excluding hydrogens is 229 g/mol. The minimum absolute atomic E-state index is 0.111. The van der Waals surface area contributed by atoms with E-state index in [9.17, 15) is 9.18 Å². The van der Waals surface area contributed by atoms with E-state index in [2.05, 4.69) is 9.97 Å². The number of nitrogen functional groups attached to an aromatic ring is 1. The number of anilines is 1. The Balaban J connectivity index is 2.35. The summed E-state index contributed by atoms with van der Waals surface area (Å²) in [6.07, 6.45) is 1.12. The van der Waals surface area contributed by atoms with Gasteiger partial charge in [-0.2, -0.15) is 0 Å². The number of nitrogens with zero attached hydrogens (tertiary/aromatic N) is 1. The van der Waals surface area contributed by atoms with Gasteiger partial charge in [-0.1, -0.05) is 0 Å². The molecule has 0 unspecified atom stereocenters. The normalized spacial score (nSPS) is 10.2. The van der Waals surface area contributed by atoms with E-state index < -0.39 is 17.1 Å². The van der Waals surface area contributed by atoms with Gasteiger partial charge >= 0.3 is 0 Å². The quantitative estimate of drug-likeness (QED) is 0.722. The molecule has 0 saturated heterocycles. The van der Waals surface area contributed by atoms with Crippen molar-refractivity contribution in [1.29, 1.82) is 0 Å². The lowest BCUT2D eigenvalue weighted by molar-refractivity contribution is 0.418. The number of nitrogens with two attached hydrogens (primary N) is 1. The van der Waals surface area contributed by atoms with Crippen molar-refractivity contribution in [3.05, 3.63) is 40.7 Å². The first-order valence-corrected chi connectivity index (χ1v) is 4.57. The Morgan fingerprint density at radius 2 is 2.24 bits per heavy atom. The second-order valence-electron chi connectivity index (χ2n) is 3.17. The Kier molecular flexibility index (Phi) is 2.65. The topological polar surface area (TPSA) is 101 Å². The molecule has 0 amide bonds. The maximum absolute atomic E-state index is 12.8. The Morgan fingerprint density at radius 3 is 2.94 bits per heavy atom. The zero-order valence-electron chi connectivity index (χ0n) is 8.48. The summed E-state index contributed by atoms with van der Waals surface area (Å²) in [5, 5.41) is 9.13. The van der Waals surface area contributed by atoms with Crippen molar-refractivity contribution in [3.63, 3.8) is 0 Å². The highest BCUT2D eigenvalue weighted by Gasteiger charge is 2.08. The van der Waals surface area contributed by atoms with Crippen LogP contribution in [0.4, 0.5) is 10.1 Å². The maximum atomic E-state index is 12.8. The summed E-state index contributed by atoms with van der Waals surface area (Å²) in [7, 11) is 0. The molecule has 1 aromatic carbocycles. The molecule has 4 N–H and O–H groups in total. The first kappa shape index (κ1) is 10.9. The third-order valence-electron chi connectivity index (χ3n) is 1.98. The minimum atomic E-state index is -0.774. The van der Waals surface area contributed by atoms with Gasteiger partial charge in [0.15, 0.2) is 17.3 Å². The summed E-state index contributed by atoms with van der Waals surface area (Å²) in [5.41, 5.74) is 4.69. The fourth-order valence-corrected chi connectivity index (χ4v) is 1.14. The number of nitrogens with one attached hydrogen (secondary N) is 1. The van der Waals surface area contributed by atoms with Crippen LogP contribution in [-0.2, 0) is 0 Å². The van der Waals surface area contributed by atoms with Crippen molar-refractivity contribution in [3.8, 4) is 17.4 Å². The van der Waals surface area contributed by atoms with Gasteiger partial charge in [0.05, 0.1) is 6.33 Å². The number of aromatic amines is 1. The highest BCUT2D eigenvalue weighted by molar-refractivity contribution is 5.47. The number of hydrogen-bond donors (Lipinski definition) is 3. The number of ether oxygens (including phenoxy) is 1. The van der Waals surface area contributed by atoms with Gasteiger partial charge in [0.1, 0.15) is 5.75 Å². The van der Waals surface area contributed by atoms with Gasteiger partial charge in [-0.15, -0.1) is 0 Å². The van der Waals surface area contributed by atoms with Crippen molar-refractivity contribution in [1.82, 2.24) is 9.97 Å². The van der Waals surface area contributed by atoms with E-state index in [0.717, 1.165) is 18.5 Å². The fourth-order valence-electron chi connectivity index (χ4n) is 1.14. The van der Waals surface area contributed by atoms with Gasteiger partial charge in [0, 0.05) is 6.07 Å². The summed E-state index contributed by atoms with van der Waals surface area (Å²) in [5.74, 6) is -1.33.